The first-order valence-corrected chi connectivity index (χ1v) is 6.15. The Hall–Kier alpha value is -0.120. The molecule has 1 heterocycles. The van der Waals surface area contributed by atoms with Gasteiger partial charge in [0.05, 0.1) is 11.7 Å². The molecule has 2 fully saturated rings. The lowest BCUT2D eigenvalue weighted by atomic mass is 10.0. The Morgan fingerprint density at radius 3 is 2.60 bits per heavy atom. The van der Waals surface area contributed by atoms with Gasteiger partial charge in [-0.15, -0.1) is 0 Å². The highest BCUT2D eigenvalue weighted by Crippen LogP contribution is 2.28. The van der Waals surface area contributed by atoms with E-state index in [-0.39, 0.29) is 5.60 Å². The molecule has 0 aromatic carbocycles. The number of nitrogens with zero attached hydrogens (tertiary/aromatic N) is 1. The van der Waals surface area contributed by atoms with Gasteiger partial charge >= 0.3 is 0 Å². The molecule has 1 saturated heterocycles. The molecule has 3 atom stereocenters. The summed E-state index contributed by atoms with van der Waals surface area (Å²) in [6.07, 6.45) is 4.08. The van der Waals surface area contributed by atoms with E-state index in [1.54, 1.807) is 0 Å². The van der Waals surface area contributed by atoms with Gasteiger partial charge in [-0.3, -0.25) is 4.90 Å². The largest absolute Gasteiger partial charge is 0.370 e. The van der Waals surface area contributed by atoms with Crippen molar-refractivity contribution in [3.05, 3.63) is 0 Å². The molecule has 1 saturated carbocycles. The molecule has 0 spiro atoms. The van der Waals surface area contributed by atoms with Gasteiger partial charge in [0.15, 0.2) is 0 Å². The molecule has 1 aliphatic heterocycles. The highest BCUT2D eigenvalue weighted by molar-refractivity contribution is 4.93. The van der Waals surface area contributed by atoms with E-state index in [2.05, 4.69) is 25.7 Å². The van der Waals surface area contributed by atoms with Crippen LogP contribution in [0.3, 0.4) is 0 Å². The second-order valence-corrected chi connectivity index (χ2v) is 5.78. The van der Waals surface area contributed by atoms with E-state index in [1.165, 1.54) is 19.3 Å². The number of nitrogens with two attached hydrogens (primary N) is 1. The molecule has 88 valence electrons. The predicted molar refractivity (Wildman–Crippen MR) is 61.8 cm³/mol. The zero-order chi connectivity index (χ0) is 11.1. The van der Waals surface area contributed by atoms with Crippen LogP contribution < -0.4 is 5.73 Å². The van der Waals surface area contributed by atoms with E-state index in [1.807, 2.05) is 0 Å². The monoisotopic (exact) mass is 212 g/mol. The second kappa shape index (κ2) is 4.04. The summed E-state index contributed by atoms with van der Waals surface area (Å²) < 4.78 is 5.92. The van der Waals surface area contributed by atoms with E-state index in [0.29, 0.717) is 18.2 Å². The lowest BCUT2D eigenvalue weighted by Gasteiger charge is -2.45. The summed E-state index contributed by atoms with van der Waals surface area (Å²) in [5.74, 6) is 0. The van der Waals surface area contributed by atoms with Crippen molar-refractivity contribution in [3.8, 4) is 0 Å². The average Bonchev–Trinajstić information content (AvgIpc) is 2.47. The minimum Gasteiger partial charge on any atom is -0.370 e. The van der Waals surface area contributed by atoms with Crippen LogP contribution in [0.1, 0.15) is 40.0 Å². The Bertz CT molecular complexity index is 230. The van der Waals surface area contributed by atoms with E-state index in [4.69, 9.17) is 10.5 Å². The quantitative estimate of drug-likeness (QED) is 0.713. The van der Waals surface area contributed by atoms with Gasteiger partial charge in [0, 0.05) is 25.2 Å². The van der Waals surface area contributed by atoms with Gasteiger partial charge in [-0.05, 0) is 33.6 Å². The Kier molecular flexibility index (Phi) is 3.06. The van der Waals surface area contributed by atoms with Crippen LogP contribution >= 0.6 is 0 Å². The van der Waals surface area contributed by atoms with Crippen molar-refractivity contribution in [2.24, 2.45) is 5.73 Å². The fourth-order valence-corrected chi connectivity index (χ4v) is 3.18. The summed E-state index contributed by atoms with van der Waals surface area (Å²) in [6.45, 7) is 8.58. The highest BCUT2D eigenvalue weighted by atomic mass is 16.5. The molecule has 2 rings (SSSR count). The SMILES string of the molecule is CC1CN(C2CCCC2N)CC(C)(C)O1. The summed E-state index contributed by atoms with van der Waals surface area (Å²) in [5, 5.41) is 0. The third-order valence-corrected chi connectivity index (χ3v) is 3.60. The van der Waals surface area contributed by atoms with Gasteiger partial charge in [0.1, 0.15) is 0 Å². The highest BCUT2D eigenvalue weighted by Gasteiger charge is 2.38. The second-order valence-electron chi connectivity index (χ2n) is 5.78. The van der Waals surface area contributed by atoms with Crippen molar-refractivity contribution in [1.29, 1.82) is 0 Å². The molecule has 0 radical (unpaired) electrons. The number of hydrogen-bond acceptors (Lipinski definition) is 3. The van der Waals surface area contributed by atoms with Crippen LogP contribution in [0, 0.1) is 0 Å². The van der Waals surface area contributed by atoms with Gasteiger partial charge in [-0.25, -0.2) is 0 Å². The molecule has 0 aromatic rings. The van der Waals surface area contributed by atoms with Crippen LogP contribution in [0.25, 0.3) is 0 Å². The fourth-order valence-electron chi connectivity index (χ4n) is 3.18. The van der Waals surface area contributed by atoms with Gasteiger partial charge in [0.25, 0.3) is 0 Å². The van der Waals surface area contributed by atoms with Crippen LogP contribution in [-0.4, -0.2) is 41.8 Å². The molecular formula is C12H24N2O. The van der Waals surface area contributed by atoms with E-state index >= 15 is 0 Å². The maximum atomic E-state index is 6.16. The Balaban J connectivity index is 2.02. The molecule has 0 amide bonds. The Labute approximate surface area is 93.0 Å². The first kappa shape index (κ1) is 11.4. The van der Waals surface area contributed by atoms with Crippen molar-refractivity contribution < 1.29 is 4.74 Å². The van der Waals surface area contributed by atoms with E-state index < -0.39 is 0 Å². The average molecular weight is 212 g/mol. The third kappa shape index (κ3) is 2.52. The molecule has 15 heavy (non-hydrogen) atoms. The molecule has 0 bridgehead atoms. The van der Waals surface area contributed by atoms with Crippen molar-refractivity contribution >= 4 is 0 Å². The fraction of sp³-hybridized carbons (Fsp3) is 1.00. The maximum Gasteiger partial charge on any atom is 0.0757 e. The molecule has 1 aliphatic carbocycles. The summed E-state index contributed by atoms with van der Waals surface area (Å²) in [4.78, 5) is 2.55. The molecular weight excluding hydrogens is 188 g/mol. The zero-order valence-corrected chi connectivity index (χ0v) is 10.2. The molecule has 0 aromatic heterocycles. The standard InChI is InChI=1S/C12H24N2O/c1-9-7-14(8-12(2,3)15-9)11-6-4-5-10(11)13/h9-11H,4-8,13H2,1-3H3. The summed E-state index contributed by atoms with van der Waals surface area (Å²) in [5.41, 5.74) is 6.15. The predicted octanol–water partition coefficient (Wildman–Crippen LogP) is 1.37. The normalized spacial score (nSPS) is 42.0. The van der Waals surface area contributed by atoms with Crippen LogP contribution in [-0.2, 0) is 4.74 Å². The van der Waals surface area contributed by atoms with Crippen LogP contribution in [0.5, 0.6) is 0 Å². The first-order valence-electron chi connectivity index (χ1n) is 6.15. The van der Waals surface area contributed by atoms with Gasteiger partial charge in [0.2, 0.25) is 0 Å². The van der Waals surface area contributed by atoms with Gasteiger partial charge < -0.3 is 10.5 Å². The lowest BCUT2D eigenvalue weighted by Crippen LogP contribution is -2.57. The van der Waals surface area contributed by atoms with Gasteiger partial charge in [-0.2, -0.15) is 0 Å². The zero-order valence-electron chi connectivity index (χ0n) is 10.2. The van der Waals surface area contributed by atoms with Crippen molar-refractivity contribution in [2.75, 3.05) is 13.1 Å². The smallest absolute Gasteiger partial charge is 0.0757 e. The van der Waals surface area contributed by atoms with Crippen LogP contribution in [0.4, 0.5) is 0 Å². The molecule has 3 unspecified atom stereocenters. The van der Waals surface area contributed by atoms with Crippen molar-refractivity contribution in [1.82, 2.24) is 4.90 Å². The Morgan fingerprint density at radius 1 is 1.33 bits per heavy atom. The summed E-state index contributed by atoms with van der Waals surface area (Å²) in [7, 11) is 0. The van der Waals surface area contributed by atoms with Crippen molar-refractivity contribution in [3.63, 3.8) is 0 Å². The lowest BCUT2D eigenvalue weighted by molar-refractivity contribution is -0.138. The number of rotatable bonds is 1. The van der Waals surface area contributed by atoms with Crippen LogP contribution in [0.15, 0.2) is 0 Å². The number of hydrogen-bond donors (Lipinski definition) is 1. The summed E-state index contributed by atoms with van der Waals surface area (Å²) in [6, 6.07) is 0.974. The number of morpholine rings is 1. The maximum absolute atomic E-state index is 6.16. The third-order valence-electron chi connectivity index (χ3n) is 3.60. The van der Waals surface area contributed by atoms with E-state index in [9.17, 15) is 0 Å². The summed E-state index contributed by atoms with van der Waals surface area (Å²) >= 11 is 0. The Morgan fingerprint density at radius 2 is 2.07 bits per heavy atom. The van der Waals surface area contributed by atoms with Gasteiger partial charge in [-0.1, -0.05) is 6.42 Å². The minimum absolute atomic E-state index is 0.0139. The molecule has 2 N–H and O–H groups in total. The molecule has 3 nitrogen and oxygen atoms in total. The topological polar surface area (TPSA) is 38.5 Å². The first-order chi connectivity index (χ1) is 6.98. The van der Waals surface area contributed by atoms with Crippen LogP contribution in [0.2, 0.25) is 0 Å². The van der Waals surface area contributed by atoms with Crippen molar-refractivity contribution in [2.45, 2.75) is 63.8 Å². The minimum atomic E-state index is -0.0139. The van der Waals surface area contributed by atoms with E-state index in [0.717, 1.165) is 13.1 Å². The molecule has 3 heteroatoms. The molecule has 2 aliphatic rings. The number of ether oxygens (including phenoxy) is 1.